The number of carbonyl (C=O) groups excluding carboxylic acids is 2. The molecule has 5 heteroatoms. The van der Waals surface area contributed by atoms with Crippen LogP contribution in [-0.4, -0.2) is 11.8 Å². The van der Waals surface area contributed by atoms with Crippen LogP contribution in [0.25, 0.3) is 10.8 Å². The van der Waals surface area contributed by atoms with Gasteiger partial charge in [0.05, 0.1) is 17.3 Å². The molecule has 0 spiro atoms. The number of amides is 2. The Morgan fingerprint density at radius 2 is 1.71 bits per heavy atom. The zero-order valence-corrected chi connectivity index (χ0v) is 15.5. The third-order valence-electron chi connectivity index (χ3n) is 5.03. The normalized spacial score (nSPS) is 14.5. The van der Waals surface area contributed by atoms with E-state index in [9.17, 15) is 14.0 Å². The molecule has 0 radical (unpaired) electrons. The van der Waals surface area contributed by atoms with E-state index in [2.05, 4.69) is 10.6 Å². The van der Waals surface area contributed by atoms with Gasteiger partial charge in [0.15, 0.2) is 0 Å². The number of hydrogen-bond donors (Lipinski definition) is 2. The minimum absolute atomic E-state index is 0.0357. The fraction of sp³-hybridized carbons (Fsp3) is 0.217. The summed E-state index contributed by atoms with van der Waals surface area (Å²) in [7, 11) is 0. The van der Waals surface area contributed by atoms with Gasteiger partial charge < -0.3 is 10.6 Å². The van der Waals surface area contributed by atoms with Crippen molar-refractivity contribution in [1.29, 1.82) is 0 Å². The molecular formula is C23H21FN2O2. The first-order valence-electron chi connectivity index (χ1n) is 9.41. The summed E-state index contributed by atoms with van der Waals surface area (Å²) in [5.74, 6) is -0.675. The van der Waals surface area contributed by atoms with Gasteiger partial charge >= 0.3 is 0 Å². The molecule has 3 aromatic carbocycles. The highest BCUT2D eigenvalue weighted by Crippen LogP contribution is 2.32. The molecule has 4 rings (SSSR count). The molecule has 4 nitrogen and oxygen atoms in total. The summed E-state index contributed by atoms with van der Waals surface area (Å²) in [4.78, 5) is 25.3. The maximum absolute atomic E-state index is 13.5. The molecule has 0 bridgehead atoms. The van der Waals surface area contributed by atoms with Crippen molar-refractivity contribution in [3.8, 4) is 0 Å². The van der Waals surface area contributed by atoms with Crippen molar-refractivity contribution in [2.75, 3.05) is 5.32 Å². The van der Waals surface area contributed by atoms with Gasteiger partial charge in [0, 0.05) is 5.92 Å². The molecule has 1 fully saturated rings. The second-order valence-corrected chi connectivity index (χ2v) is 7.26. The predicted octanol–water partition coefficient (Wildman–Crippen LogP) is 4.82. The smallest absolute Gasteiger partial charge is 0.253 e. The zero-order valence-electron chi connectivity index (χ0n) is 15.5. The SMILES string of the molecule is CC(NC(=O)c1cc2ccccc2cc1NC(=O)C1CC1)c1cccc(F)c1. The Bertz CT molecular complexity index is 1060. The predicted molar refractivity (Wildman–Crippen MR) is 108 cm³/mol. The van der Waals surface area contributed by atoms with Gasteiger partial charge in [-0.05, 0) is 60.4 Å². The molecule has 0 heterocycles. The Balaban J connectivity index is 1.64. The van der Waals surface area contributed by atoms with Crippen molar-refractivity contribution in [3.05, 3.63) is 77.6 Å². The van der Waals surface area contributed by atoms with E-state index in [0.29, 0.717) is 16.8 Å². The highest BCUT2D eigenvalue weighted by Gasteiger charge is 2.30. The van der Waals surface area contributed by atoms with E-state index in [0.717, 1.165) is 23.6 Å². The number of anilines is 1. The lowest BCUT2D eigenvalue weighted by atomic mass is 10.0. The van der Waals surface area contributed by atoms with Gasteiger partial charge in [0.2, 0.25) is 5.91 Å². The molecule has 142 valence electrons. The molecule has 0 aromatic heterocycles. The summed E-state index contributed by atoms with van der Waals surface area (Å²) in [6, 6.07) is 17.1. The number of nitrogens with one attached hydrogen (secondary N) is 2. The summed E-state index contributed by atoms with van der Waals surface area (Å²) in [6.07, 6.45) is 1.77. The van der Waals surface area contributed by atoms with Gasteiger partial charge in [0.25, 0.3) is 5.91 Å². The molecule has 3 aromatic rings. The van der Waals surface area contributed by atoms with Crippen LogP contribution in [0.4, 0.5) is 10.1 Å². The van der Waals surface area contributed by atoms with Crippen LogP contribution in [0.3, 0.4) is 0 Å². The lowest BCUT2D eigenvalue weighted by Gasteiger charge is -2.17. The fourth-order valence-electron chi connectivity index (χ4n) is 3.25. The number of carbonyl (C=O) groups is 2. The first kappa shape index (κ1) is 18.2. The first-order chi connectivity index (χ1) is 13.5. The van der Waals surface area contributed by atoms with E-state index in [1.807, 2.05) is 30.3 Å². The lowest BCUT2D eigenvalue weighted by molar-refractivity contribution is -0.117. The van der Waals surface area contributed by atoms with Gasteiger partial charge in [0.1, 0.15) is 5.82 Å². The minimum atomic E-state index is -0.373. The van der Waals surface area contributed by atoms with E-state index < -0.39 is 0 Å². The monoisotopic (exact) mass is 376 g/mol. The Morgan fingerprint density at radius 1 is 1.00 bits per heavy atom. The van der Waals surface area contributed by atoms with Crippen LogP contribution in [0, 0.1) is 11.7 Å². The quantitative estimate of drug-likeness (QED) is 0.671. The summed E-state index contributed by atoms with van der Waals surface area (Å²) < 4.78 is 13.5. The average molecular weight is 376 g/mol. The molecule has 1 unspecified atom stereocenters. The first-order valence-corrected chi connectivity index (χ1v) is 9.41. The highest BCUT2D eigenvalue weighted by molar-refractivity contribution is 6.08. The standard InChI is InChI=1S/C23H21FN2O2/c1-14(16-7-4-8-19(24)11-16)25-23(28)20-12-17-5-2-3-6-18(17)13-21(20)26-22(27)15-9-10-15/h2-8,11-15H,9-10H2,1H3,(H,25,28)(H,26,27). The number of rotatable bonds is 5. The van der Waals surface area contributed by atoms with Crippen LogP contribution in [0.5, 0.6) is 0 Å². The van der Waals surface area contributed by atoms with E-state index in [1.165, 1.54) is 12.1 Å². The van der Waals surface area contributed by atoms with E-state index in [4.69, 9.17) is 0 Å². The summed E-state index contributed by atoms with van der Waals surface area (Å²) in [6.45, 7) is 1.80. The molecule has 0 saturated heterocycles. The Labute approximate surface area is 162 Å². The summed E-state index contributed by atoms with van der Waals surface area (Å²) >= 11 is 0. The van der Waals surface area contributed by atoms with Gasteiger partial charge in [-0.1, -0.05) is 36.4 Å². The zero-order chi connectivity index (χ0) is 19.7. The average Bonchev–Trinajstić information content (AvgIpc) is 3.52. The topological polar surface area (TPSA) is 58.2 Å². The van der Waals surface area contributed by atoms with Crippen molar-refractivity contribution in [1.82, 2.24) is 5.32 Å². The van der Waals surface area contributed by atoms with Crippen molar-refractivity contribution in [2.24, 2.45) is 5.92 Å². The maximum Gasteiger partial charge on any atom is 0.253 e. The van der Waals surface area contributed by atoms with Crippen molar-refractivity contribution >= 4 is 28.3 Å². The Kier molecular flexibility index (Phi) is 4.82. The molecule has 2 amide bonds. The second-order valence-electron chi connectivity index (χ2n) is 7.26. The molecule has 1 atom stereocenters. The van der Waals surface area contributed by atoms with Crippen molar-refractivity contribution < 1.29 is 14.0 Å². The Morgan fingerprint density at radius 3 is 2.39 bits per heavy atom. The van der Waals surface area contributed by atoms with Crippen LogP contribution >= 0.6 is 0 Å². The fourth-order valence-corrected chi connectivity index (χ4v) is 3.25. The van der Waals surface area contributed by atoms with Crippen LogP contribution in [0.2, 0.25) is 0 Å². The molecule has 1 aliphatic rings. The summed E-state index contributed by atoms with van der Waals surface area (Å²) in [5.41, 5.74) is 1.58. The van der Waals surface area contributed by atoms with Crippen LogP contribution in [-0.2, 0) is 4.79 Å². The third kappa shape index (κ3) is 3.88. The van der Waals surface area contributed by atoms with E-state index in [1.54, 1.807) is 25.1 Å². The molecule has 1 saturated carbocycles. The number of hydrogen-bond acceptors (Lipinski definition) is 2. The van der Waals surface area contributed by atoms with Crippen LogP contribution in [0.15, 0.2) is 60.7 Å². The highest BCUT2D eigenvalue weighted by atomic mass is 19.1. The lowest BCUT2D eigenvalue weighted by Crippen LogP contribution is -2.28. The molecule has 2 N–H and O–H groups in total. The van der Waals surface area contributed by atoms with Gasteiger partial charge in [-0.2, -0.15) is 0 Å². The van der Waals surface area contributed by atoms with Crippen LogP contribution in [0.1, 0.15) is 41.7 Å². The number of halogens is 1. The number of benzene rings is 3. The van der Waals surface area contributed by atoms with Crippen LogP contribution < -0.4 is 10.6 Å². The van der Waals surface area contributed by atoms with E-state index in [-0.39, 0.29) is 29.6 Å². The largest absolute Gasteiger partial charge is 0.345 e. The van der Waals surface area contributed by atoms with Crippen molar-refractivity contribution in [2.45, 2.75) is 25.8 Å². The maximum atomic E-state index is 13.5. The summed E-state index contributed by atoms with van der Waals surface area (Å²) in [5, 5.41) is 7.67. The van der Waals surface area contributed by atoms with Gasteiger partial charge in [-0.3, -0.25) is 9.59 Å². The van der Waals surface area contributed by atoms with Gasteiger partial charge in [-0.25, -0.2) is 4.39 Å². The van der Waals surface area contributed by atoms with Gasteiger partial charge in [-0.15, -0.1) is 0 Å². The second kappa shape index (κ2) is 7.43. The molecule has 28 heavy (non-hydrogen) atoms. The van der Waals surface area contributed by atoms with Crippen molar-refractivity contribution in [3.63, 3.8) is 0 Å². The molecule has 0 aliphatic heterocycles. The number of fused-ring (bicyclic) bond motifs is 1. The Hall–Kier alpha value is -3.21. The minimum Gasteiger partial charge on any atom is -0.345 e. The van der Waals surface area contributed by atoms with E-state index >= 15 is 0 Å². The molecular weight excluding hydrogens is 355 g/mol. The third-order valence-corrected chi connectivity index (χ3v) is 5.03. The molecule has 1 aliphatic carbocycles.